The maximum Gasteiger partial charge on any atom is 0.181 e. The van der Waals surface area contributed by atoms with Crippen molar-refractivity contribution in [2.24, 2.45) is 20.5 Å². The minimum absolute atomic E-state index is 0.0181. The van der Waals surface area contributed by atoms with Crippen LogP contribution in [0.25, 0.3) is 33.6 Å². The Hall–Kier alpha value is -6.86. The molecule has 342 valence electrons. The summed E-state index contributed by atoms with van der Waals surface area (Å²) in [7, 11) is 0. The van der Waals surface area contributed by atoms with Crippen LogP contribution >= 0.6 is 0 Å². The van der Waals surface area contributed by atoms with Gasteiger partial charge in [-0.25, -0.2) is 0 Å². The molecule has 0 bridgehead atoms. The molecule has 1 heterocycles. The van der Waals surface area contributed by atoms with Gasteiger partial charge in [-0.2, -0.15) is 10.2 Å². The smallest absolute Gasteiger partial charge is 0.181 e. The van der Waals surface area contributed by atoms with Crippen molar-refractivity contribution in [1.82, 2.24) is 0 Å². The second kappa shape index (κ2) is 24.6. The molecule has 0 N–H and O–H groups in total. The number of benzene rings is 4. The van der Waals surface area contributed by atoms with E-state index in [1.807, 2.05) is 123 Å². The van der Waals surface area contributed by atoms with Crippen LogP contribution in [0.5, 0.6) is 0 Å². The van der Waals surface area contributed by atoms with Crippen molar-refractivity contribution in [2.75, 3.05) is 0 Å². The van der Waals surface area contributed by atoms with Crippen LogP contribution in [0.3, 0.4) is 0 Å². The van der Waals surface area contributed by atoms with Gasteiger partial charge in [0.2, 0.25) is 0 Å². The lowest BCUT2D eigenvalue weighted by molar-refractivity contribution is -0.112. The molecule has 0 atom stereocenters. The Morgan fingerprint density at radius 3 is 1.18 bits per heavy atom. The van der Waals surface area contributed by atoms with Crippen molar-refractivity contribution in [3.8, 4) is 22.3 Å². The number of unbranched alkanes of at least 4 members (excludes halogenated alkanes) is 10. The lowest BCUT2D eigenvalue weighted by atomic mass is 9.93. The first-order valence-corrected chi connectivity index (χ1v) is 24.4. The molecule has 7 nitrogen and oxygen atoms in total. The fourth-order valence-electron chi connectivity index (χ4n) is 8.47. The van der Waals surface area contributed by atoms with E-state index in [0.717, 1.165) is 94.2 Å². The van der Waals surface area contributed by atoms with Gasteiger partial charge in [0.05, 0.1) is 11.4 Å². The Morgan fingerprint density at radius 2 is 0.791 bits per heavy atom. The summed E-state index contributed by atoms with van der Waals surface area (Å²) in [6, 6.07) is 36.5. The zero-order valence-corrected chi connectivity index (χ0v) is 39.8. The first-order chi connectivity index (χ1) is 32.8. The van der Waals surface area contributed by atoms with Crippen molar-refractivity contribution in [3.05, 3.63) is 191 Å². The molecule has 0 saturated heterocycles. The number of carbonyl (C=O) groups is 2. The van der Waals surface area contributed by atoms with Crippen LogP contribution in [-0.2, 0) is 9.59 Å². The molecule has 67 heavy (non-hydrogen) atoms. The van der Waals surface area contributed by atoms with E-state index in [0.29, 0.717) is 47.1 Å². The van der Waals surface area contributed by atoms with Gasteiger partial charge in [0.25, 0.3) is 0 Å². The predicted octanol–water partition coefficient (Wildman–Crippen LogP) is 17.9. The number of nitrogens with zero attached hydrogens (tertiary/aromatic N) is 4. The number of hydrogen-bond donors (Lipinski definition) is 0. The topological polar surface area (TPSA) is 96.7 Å². The molecular formula is C60H64N4O3. The van der Waals surface area contributed by atoms with Gasteiger partial charge in [-0.1, -0.05) is 163 Å². The highest BCUT2D eigenvalue weighted by Crippen LogP contribution is 2.39. The van der Waals surface area contributed by atoms with E-state index in [9.17, 15) is 9.59 Å². The van der Waals surface area contributed by atoms with E-state index in [2.05, 4.69) is 38.1 Å². The fourth-order valence-corrected chi connectivity index (χ4v) is 8.47. The van der Waals surface area contributed by atoms with E-state index in [1.165, 1.54) is 38.5 Å². The Labute approximate surface area is 397 Å². The number of allylic oxidation sites excluding steroid dienone is 10. The summed E-state index contributed by atoms with van der Waals surface area (Å²) in [4.78, 5) is 26.6. The summed E-state index contributed by atoms with van der Waals surface area (Å²) in [5, 5.41) is 19.4. The maximum absolute atomic E-state index is 13.3. The summed E-state index contributed by atoms with van der Waals surface area (Å²) in [5.41, 5.74) is 11.5. The third kappa shape index (κ3) is 13.2. The minimum atomic E-state index is 0.0181. The van der Waals surface area contributed by atoms with Crippen LogP contribution in [0.15, 0.2) is 193 Å². The first kappa shape index (κ1) is 48.1. The number of carbonyl (C=O) groups excluding carboxylic acids is 2. The van der Waals surface area contributed by atoms with E-state index in [1.54, 1.807) is 12.2 Å². The molecule has 0 spiro atoms. The van der Waals surface area contributed by atoms with Crippen molar-refractivity contribution >= 4 is 34.3 Å². The SMILES string of the molecule is CCCCCCCCC1=CC(=C(N=Nc2ccc(-c3ccccc3)cc2)c2oc(C(N=Nc3ccc(-c4ccccc4)cc3)=C3C=CC(=O)C(CCCCCCCC)=C3)c(C)c2C)C=CC1=O. The predicted molar refractivity (Wildman–Crippen MR) is 275 cm³/mol. The molecule has 1 aromatic heterocycles. The molecule has 2 aliphatic carbocycles. The van der Waals surface area contributed by atoms with Crippen LogP contribution < -0.4 is 0 Å². The largest absolute Gasteiger partial charge is 0.452 e. The van der Waals surface area contributed by atoms with Crippen LogP contribution in [0.2, 0.25) is 0 Å². The van der Waals surface area contributed by atoms with Gasteiger partial charge in [0, 0.05) is 33.4 Å². The van der Waals surface area contributed by atoms with E-state index < -0.39 is 0 Å². The van der Waals surface area contributed by atoms with Crippen LogP contribution in [0.1, 0.15) is 126 Å². The van der Waals surface area contributed by atoms with Crippen molar-refractivity contribution < 1.29 is 14.0 Å². The zero-order valence-electron chi connectivity index (χ0n) is 39.8. The van der Waals surface area contributed by atoms with Crippen LogP contribution in [-0.4, -0.2) is 11.6 Å². The summed E-state index contributed by atoms with van der Waals surface area (Å²) < 4.78 is 6.98. The van der Waals surface area contributed by atoms with Crippen molar-refractivity contribution in [2.45, 2.75) is 118 Å². The van der Waals surface area contributed by atoms with E-state index in [4.69, 9.17) is 24.9 Å². The Bertz CT molecular complexity index is 2540. The third-order valence-corrected chi connectivity index (χ3v) is 12.6. The van der Waals surface area contributed by atoms with Gasteiger partial charge < -0.3 is 4.42 Å². The Kier molecular flexibility index (Phi) is 17.7. The van der Waals surface area contributed by atoms with Crippen molar-refractivity contribution in [3.63, 3.8) is 0 Å². The van der Waals surface area contributed by atoms with Crippen LogP contribution in [0.4, 0.5) is 11.4 Å². The van der Waals surface area contributed by atoms with Gasteiger partial charge in [-0.15, -0.1) is 10.2 Å². The standard InChI is InChI=1S/C60H64N4O3/c1-5-7-9-11-13-17-27-49-41-51(33-39-55(49)65)57(63-61-53-35-29-47(30-36-53)45-23-19-15-20-24-45)59-43(3)44(4)60(67-59)58(52-34-40-56(66)50(42-52)28-18-14-12-10-8-6-2)64-62-54-37-31-48(32-38-54)46-25-21-16-22-26-46/h15-16,19-26,29-42H,5-14,17-18,27-28H2,1-4H3. The molecule has 0 saturated carbocycles. The van der Waals surface area contributed by atoms with Gasteiger partial charge in [0.1, 0.15) is 11.4 Å². The molecular weight excluding hydrogens is 825 g/mol. The quantitative estimate of drug-likeness (QED) is 0.0511. The summed E-state index contributed by atoms with van der Waals surface area (Å²) in [5.74, 6) is 1.08. The fraction of sp³-hybridized carbons (Fsp3) is 0.300. The molecule has 7 heteroatoms. The molecule has 0 fully saturated rings. The summed E-state index contributed by atoms with van der Waals surface area (Å²) in [6.07, 6.45) is 25.9. The van der Waals surface area contributed by atoms with Crippen molar-refractivity contribution in [1.29, 1.82) is 0 Å². The first-order valence-electron chi connectivity index (χ1n) is 24.4. The van der Waals surface area contributed by atoms with Gasteiger partial charge in [0.15, 0.2) is 23.1 Å². The molecule has 0 unspecified atom stereocenters. The average molecular weight is 889 g/mol. The number of rotatable bonds is 22. The lowest BCUT2D eigenvalue weighted by Gasteiger charge is -2.12. The molecule has 0 amide bonds. The Balaban J connectivity index is 1.30. The maximum atomic E-state index is 13.3. The van der Waals surface area contributed by atoms with Crippen LogP contribution in [0, 0.1) is 13.8 Å². The number of azo groups is 2. The van der Waals surface area contributed by atoms with Gasteiger partial charge in [-0.3, -0.25) is 9.59 Å². The zero-order chi connectivity index (χ0) is 46.8. The van der Waals surface area contributed by atoms with E-state index in [-0.39, 0.29) is 11.6 Å². The normalized spacial score (nSPS) is 15.5. The molecule has 4 aromatic carbocycles. The van der Waals surface area contributed by atoms with Gasteiger partial charge >= 0.3 is 0 Å². The van der Waals surface area contributed by atoms with E-state index >= 15 is 0 Å². The molecule has 0 aliphatic heterocycles. The second-order valence-corrected chi connectivity index (χ2v) is 17.6. The minimum Gasteiger partial charge on any atom is -0.452 e. The third-order valence-electron chi connectivity index (χ3n) is 12.6. The number of hydrogen-bond acceptors (Lipinski definition) is 7. The lowest BCUT2D eigenvalue weighted by Crippen LogP contribution is -2.04. The highest BCUT2D eigenvalue weighted by molar-refractivity contribution is 6.07. The second-order valence-electron chi connectivity index (χ2n) is 17.6. The highest BCUT2D eigenvalue weighted by Gasteiger charge is 2.26. The van der Waals surface area contributed by atoms with Gasteiger partial charge in [-0.05, 0) is 123 Å². The summed E-state index contributed by atoms with van der Waals surface area (Å²) in [6.45, 7) is 8.48. The monoisotopic (exact) mass is 888 g/mol. The number of ketones is 2. The molecule has 5 aromatic rings. The summed E-state index contributed by atoms with van der Waals surface area (Å²) >= 11 is 0. The Morgan fingerprint density at radius 1 is 0.433 bits per heavy atom. The molecule has 0 radical (unpaired) electrons. The molecule has 7 rings (SSSR count). The average Bonchev–Trinajstić information content (AvgIpc) is 3.65. The molecule has 2 aliphatic rings. The highest BCUT2D eigenvalue weighted by atomic mass is 16.3. The number of furan rings is 1.